The molecule has 0 aliphatic carbocycles. The van der Waals surface area contributed by atoms with Gasteiger partial charge >= 0.3 is 5.97 Å². The van der Waals surface area contributed by atoms with Crippen molar-refractivity contribution in [3.63, 3.8) is 0 Å². The molecule has 1 aromatic carbocycles. The summed E-state index contributed by atoms with van der Waals surface area (Å²) in [6.45, 7) is 5.75. The molecule has 0 atom stereocenters. The molecule has 0 unspecified atom stereocenters. The number of aromatic nitrogens is 3. The van der Waals surface area contributed by atoms with Gasteiger partial charge in [0.05, 0.1) is 22.3 Å². The Morgan fingerprint density at radius 2 is 1.91 bits per heavy atom. The lowest BCUT2D eigenvalue weighted by atomic mass is 10.0. The lowest BCUT2D eigenvalue weighted by molar-refractivity contribution is 0.0698. The predicted octanol–water partition coefficient (Wildman–Crippen LogP) is 4.20. The van der Waals surface area contributed by atoms with E-state index >= 15 is 0 Å². The first kappa shape index (κ1) is 15.5. The molecule has 23 heavy (non-hydrogen) atoms. The number of hydrogen-bond acceptors (Lipinski definition) is 3. The number of benzene rings is 1. The van der Waals surface area contributed by atoms with Crippen LogP contribution in [0.15, 0.2) is 30.3 Å². The molecule has 3 aromatic rings. The summed E-state index contributed by atoms with van der Waals surface area (Å²) < 4.78 is 1.68. The second-order valence-corrected chi connectivity index (χ2v) is 6.18. The first-order valence-electron chi connectivity index (χ1n) is 7.28. The fourth-order valence-electron chi connectivity index (χ4n) is 2.60. The first-order valence-corrected chi connectivity index (χ1v) is 7.65. The summed E-state index contributed by atoms with van der Waals surface area (Å²) in [6, 6.07) is 8.80. The van der Waals surface area contributed by atoms with Gasteiger partial charge in [-0.1, -0.05) is 25.4 Å². The molecular weight excluding hydrogens is 314 g/mol. The second-order valence-electron chi connectivity index (χ2n) is 5.74. The highest BCUT2D eigenvalue weighted by Crippen LogP contribution is 2.29. The number of nitrogens with zero attached hydrogens (tertiary/aromatic N) is 3. The van der Waals surface area contributed by atoms with Gasteiger partial charge in [0.2, 0.25) is 0 Å². The quantitative estimate of drug-likeness (QED) is 0.781. The minimum Gasteiger partial charge on any atom is -0.478 e. The Balaban J connectivity index is 2.40. The van der Waals surface area contributed by atoms with Gasteiger partial charge < -0.3 is 5.11 Å². The minimum absolute atomic E-state index is 0.0775. The summed E-state index contributed by atoms with van der Waals surface area (Å²) in [7, 11) is 0. The van der Waals surface area contributed by atoms with Crippen LogP contribution in [-0.4, -0.2) is 25.8 Å². The van der Waals surface area contributed by atoms with Crippen molar-refractivity contribution in [2.24, 2.45) is 0 Å². The van der Waals surface area contributed by atoms with Gasteiger partial charge in [-0.2, -0.15) is 5.10 Å². The van der Waals surface area contributed by atoms with Gasteiger partial charge in [0.15, 0.2) is 5.65 Å². The number of carbonyl (C=O) groups is 1. The van der Waals surface area contributed by atoms with E-state index in [1.54, 1.807) is 29.8 Å². The molecule has 5 nitrogen and oxygen atoms in total. The number of carboxylic acid groups (broad SMARTS) is 1. The van der Waals surface area contributed by atoms with E-state index in [4.69, 9.17) is 11.6 Å². The van der Waals surface area contributed by atoms with Crippen LogP contribution in [0.1, 0.15) is 41.5 Å². The molecule has 1 N–H and O–H groups in total. The second kappa shape index (κ2) is 5.66. The average molecular weight is 330 g/mol. The van der Waals surface area contributed by atoms with Gasteiger partial charge in [-0.25, -0.2) is 14.5 Å². The number of rotatable bonds is 3. The van der Waals surface area contributed by atoms with Gasteiger partial charge in [-0.05, 0) is 43.2 Å². The number of halogens is 1. The maximum atomic E-state index is 11.7. The molecule has 0 spiro atoms. The number of pyridine rings is 1. The highest BCUT2D eigenvalue weighted by molar-refractivity contribution is 6.30. The van der Waals surface area contributed by atoms with Crippen LogP contribution in [0, 0.1) is 6.92 Å². The molecule has 0 bridgehead atoms. The summed E-state index contributed by atoms with van der Waals surface area (Å²) in [5, 5.41) is 15.4. The highest BCUT2D eigenvalue weighted by Gasteiger charge is 2.22. The molecule has 0 saturated heterocycles. The van der Waals surface area contributed by atoms with Crippen LogP contribution in [0.4, 0.5) is 0 Å². The van der Waals surface area contributed by atoms with E-state index < -0.39 is 5.97 Å². The Morgan fingerprint density at radius 1 is 1.26 bits per heavy atom. The van der Waals surface area contributed by atoms with Crippen molar-refractivity contribution in [1.29, 1.82) is 0 Å². The molecule has 0 aliphatic rings. The third kappa shape index (κ3) is 2.68. The van der Waals surface area contributed by atoms with Crippen molar-refractivity contribution in [2.75, 3.05) is 0 Å². The fraction of sp³-hybridized carbons (Fsp3) is 0.235. The number of hydrogen-bond donors (Lipinski definition) is 1. The van der Waals surface area contributed by atoms with E-state index in [2.05, 4.69) is 10.1 Å². The summed E-state index contributed by atoms with van der Waals surface area (Å²) in [4.78, 5) is 16.2. The molecular formula is C17H16ClN3O2. The third-order valence-corrected chi connectivity index (χ3v) is 3.89. The standard InChI is InChI=1S/C17H16ClN3O2/c1-9(2)15-14-13(17(22)23)8-10(3)19-16(14)21(20-15)12-6-4-11(18)5-7-12/h4-9H,1-3H3,(H,22,23). The molecule has 0 saturated carbocycles. The van der Waals surface area contributed by atoms with Crippen molar-refractivity contribution >= 4 is 28.6 Å². The maximum Gasteiger partial charge on any atom is 0.336 e. The fourth-order valence-corrected chi connectivity index (χ4v) is 2.73. The first-order chi connectivity index (χ1) is 10.9. The Kier molecular flexibility index (Phi) is 3.82. The zero-order chi connectivity index (χ0) is 16.7. The molecule has 2 aromatic heterocycles. The number of aromatic carboxylic acids is 1. The SMILES string of the molecule is Cc1cc(C(=O)O)c2c(C(C)C)nn(-c3ccc(Cl)cc3)c2n1. The van der Waals surface area contributed by atoms with Gasteiger partial charge in [0.25, 0.3) is 0 Å². The van der Waals surface area contributed by atoms with Crippen molar-refractivity contribution in [2.45, 2.75) is 26.7 Å². The number of carboxylic acids is 1. The summed E-state index contributed by atoms with van der Waals surface area (Å²) in [5.41, 5.74) is 2.94. The lowest BCUT2D eigenvalue weighted by Gasteiger charge is -2.05. The summed E-state index contributed by atoms with van der Waals surface area (Å²) in [5.74, 6) is -0.897. The molecule has 0 radical (unpaired) electrons. The van der Waals surface area contributed by atoms with Crippen LogP contribution < -0.4 is 0 Å². The van der Waals surface area contributed by atoms with Crippen molar-refractivity contribution in [3.05, 3.63) is 52.3 Å². The van der Waals surface area contributed by atoms with E-state index in [1.807, 2.05) is 26.0 Å². The number of fused-ring (bicyclic) bond motifs is 1. The molecule has 2 heterocycles. The maximum absolute atomic E-state index is 11.7. The Labute approximate surface area is 138 Å². The summed E-state index contributed by atoms with van der Waals surface area (Å²) in [6.07, 6.45) is 0. The van der Waals surface area contributed by atoms with Gasteiger partial charge in [-0.3, -0.25) is 0 Å². The van der Waals surface area contributed by atoms with Crippen LogP contribution in [0.5, 0.6) is 0 Å². The van der Waals surface area contributed by atoms with E-state index in [9.17, 15) is 9.90 Å². The molecule has 6 heteroatoms. The topological polar surface area (TPSA) is 68.0 Å². The van der Waals surface area contributed by atoms with E-state index in [-0.39, 0.29) is 11.5 Å². The summed E-state index contributed by atoms with van der Waals surface area (Å²) >= 11 is 5.94. The minimum atomic E-state index is -0.974. The molecule has 0 aliphatic heterocycles. The highest BCUT2D eigenvalue weighted by atomic mass is 35.5. The zero-order valence-electron chi connectivity index (χ0n) is 13.0. The Hall–Kier alpha value is -2.40. The van der Waals surface area contributed by atoms with Gasteiger partial charge in [-0.15, -0.1) is 0 Å². The van der Waals surface area contributed by atoms with Crippen LogP contribution in [-0.2, 0) is 0 Å². The van der Waals surface area contributed by atoms with Crippen molar-refractivity contribution in [3.8, 4) is 5.69 Å². The monoisotopic (exact) mass is 329 g/mol. The lowest BCUT2D eigenvalue weighted by Crippen LogP contribution is -2.02. The molecule has 0 amide bonds. The van der Waals surface area contributed by atoms with Crippen LogP contribution in [0.25, 0.3) is 16.7 Å². The van der Waals surface area contributed by atoms with E-state index in [0.29, 0.717) is 21.7 Å². The molecule has 118 valence electrons. The van der Waals surface area contributed by atoms with Crippen molar-refractivity contribution in [1.82, 2.24) is 14.8 Å². The predicted molar refractivity (Wildman–Crippen MR) is 89.7 cm³/mol. The normalized spacial score (nSPS) is 11.3. The average Bonchev–Trinajstić information content (AvgIpc) is 2.86. The van der Waals surface area contributed by atoms with Crippen molar-refractivity contribution < 1.29 is 9.90 Å². The van der Waals surface area contributed by atoms with E-state index in [1.165, 1.54) is 0 Å². The van der Waals surface area contributed by atoms with Crippen LogP contribution in [0.3, 0.4) is 0 Å². The largest absolute Gasteiger partial charge is 0.478 e. The number of aryl methyl sites for hydroxylation is 1. The Morgan fingerprint density at radius 3 is 2.48 bits per heavy atom. The van der Waals surface area contributed by atoms with E-state index in [0.717, 1.165) is 11.4 Å². The van der Waals surface area contributed by atoms with Gasteiger partial charge in [0.1, 0.15) is 0 Å². The Bertz CT molecular complexity index is 898. The van der Waals surface area contributed by atoms with Gasteiger partial charge in [0, 0.05) is 10.7 Å². The van der Waals surface area contributed by atoms with Crippen LogP contribution in [0.2, 0.25) is 5.02 Å². The molecule has 0 fully saturated rings. The smallest absolute Gasteiger partial charge is 0.336 e. The molecule has 3 rings (SSSR count). The van der Waals surface area contributed by atoms with Crippen LogP contribution >= 0.6 is 11.6 Å². The third-order valence-electron chi connectivity index (χ3n) is 3.64. The zero-order valence-corrected chi connectivity index (χ0v) is 13.8.